The van der Waals surface area contributed by atoms with E-state index in [2.05, 4.69) is 59.7 Å². The molecule has 1 saturated carbocycles. The lowest BCUT2D eigenvalue weighted by molar-refractivity contribution is -0.0564. The van der Waals surface area contributed by atoms with Gasteiger partial charge in [-0.1, -0.05) is 24.5 Å². The first kappa shape index (κ1) is 31.4. The van der Waals surface area contributed by atoms with Crippen molar-refractivity contribution in [3.8, 4) is 0 Å². The molecule has 11 atom stereocenters. The molecular weight excluding hydrogens is 704 g/mol. The Hall–Kier alpha value is -2.82. The third kappa shape index (κ3) is 5.33. The summed E-state index contributed by atoms with van der Waals surface area (Å²) in [6.07, 6.45) is -4.98. The van der Waals surface area contributed by atoms with Crippen LogP contribution in [0.2, 0.25) is 0 Å². The van der Waals surface area contributed by atoms with Crippen molar-refractivity contribution >= 4 is 78.1 Å². The van der Waals surface area contributed by atoms with Crippen molar-refractivity contribution in [1.29, 1.82) is 0 Å². The first-order valence-corrected chi connectivity index (χ1v) is 19.4. The number of anilines is 3. The van der Waals surface area contributed by atoms with E-state index in [0.29, 0.717) is 17.1 Å². The van der Waals surface area contributed by atoms with Gasteiger partial charge in [-0.2, -0.15) is 15.0 Å². The van der Waals surface area contributed by atoms with Crippen LogP contribution in [0.25, 0.3) is 22.3 Å². The number of hydrogen-bond donors (Lipinski definition) is 7. The number of aromatic nitrogens is 8. The number of H-pyrrole nitrogens is 1. The van der Waals surface area contributed by atoms with Crippen LogP contribution in [0.4, 0.5) is 17.7 Å². The number of nitrogens with one attached hydrogen (secondary N) is 2. The number of hydrogen-bond acceptors (Lipinski definition) is 18. The molecule has 0 radical (unpaired) electrons. The van der Waals surface area contributed by atoms with Crippen LogP contribution in [0, 0.1) is 5.92 Å². The highest BCUT2D eigenvalue weighted by Gasteiger charge is 2.67. The van der Waals surface area contributed by atoms with E-state index < -0.39 is 74.5 Å². The minimum atomic E-state index is -4.26. The van der Waals surface area contributed by atoms with Crippen molar-refractivity contribution in [3.63, 3.8) is 0 Å². The second-order valence-corrected chi connectivity index (χ2v) is 17.0. The predicted octanol–water partition coefficient (Wildman–Crippen LogP) is 0.255. The molecule has 8 rings (SSSR count). The number of nitrogens with two attached hydrogens (primary N) is 2. The maximum atomic E-state index is 13.6. The Kier molecular flexibility index (Phi) is 7.43. The number of fused-ring (bicyclic) bond motifs is 7. The molecule has 7 heterocycles. The molecule has 3 saturated heterocycles. The molecule has 0 aromatic carbocycles. The highest BCUT2D eigenvalue weighted by Crippen LogP contribution is 2.65. The molecule has 3 aliphatic heterocycles. The van der Waals surface area contributed by atoms with Gasteiger partial charge in [0.25, 0.3) is 5.56 Å². The number of rotatable bonds is 3. The van der Waals surface area contributed by atoms with Crippen LogP contribution in [-0.4, -0.2) is 101 Å². The van der Waals surface area contributed by atoms with Gasteiger partial charge in [-0.3, -0.25) is 32.4 Å². The zero-order chi connectivity index (χ0) is 33.0. The second-order valence-electron chi connectivity index (χ2n) is 11.2. The lowest BCUT2D eigenvalue weighted by atomic mass is 10.1. The molecule has 0 amide bonds. The summed E-state index contributed by atoms with van der Waals surface area (Å²) in [4.78, 5) is 35.8. The summed E-state index contributed by atoms with van der Waals surface area (Å²) in [5, 5.41) is 14.1. The largest absolute Gasteiger partial charge is 0.387 e. The van der Waals surface area contributed by atoms with Gasteiger partial charge < -0.3 is 35.9 Å². The Morgan fingerprint density at radius 3 is 2.34 bits per heavy atom. The van der Waals surface area contributed by atoms with Gasteiger partial charge in [-0.15, -0.1) is 0 Å². The van der Waals surface area contributed by atoms with Crippen LogP contribution in [0.1, 0.15) is 12.3 Å². The number of aliphatic hydroxyl groups excluding tert-OH is 1. The van der Waals surface area contributed by atoms with E-state index in [4.69, 9.17) is 39.0 Å². The fraction of sp³-hybridized carbons (Fsp3) is 0.545. The first-order chi connectivity index (χ1) is 22.3. The first-order valence-electron chi connectivity index (χ1n) is 14.0. The van der Waals surface area contributed by atoms with E-state index in [1.807, 2.05) is 0 Å². The average molecular weight is 732 g/mol. The molecule has 1 aliphatic carbocycles. The minimum absolute atomic E-state index is 0.00386. The van der Waals surface area contributed by atoms with E-state index >= 15 is 0 Å². The second kappa shape index (κ2) is 11.1. The standard InChI is InChI=1S/C22H27N11O10P2S2/c1-25-22-28-16(23)9-17(30-22)32(4-26-9)11-8-13-7(40-14(8)11)3-39-45(37,47)43-15-12(34)6(2-38-44(36,46)42-13)41-20(15)33-5-27-10-18(33)29-21(24)31-19(10)35/h4-8,11-15,20,34H,2-3H2,1H3,(H,36,46)(H,37,47)(H3,23,25,28,30)(H3,24,29,31,35)/t6-,7-,8?,11+,12?,13?,14?,15?,20-,44-,45-/m1/s1. The number of aliphatic hydroxyl groups is 1. The third-order valence-corrected chi connectivity index (χ3v) is 11.6. The monoisotopic (exact) mass is 731 g/mol. The van der Waals surface area contributed by atoms with E-state index in [-0.39, 0.29) is 35.6 Å². The molecule has 25 heteroatoms. The number of thiol groups is 2. The van der Waals surface area contributed by atoms with Gasteiger partial charge in [-0.05, 0) is 0 Å². The molecule has 2 bridgehead atoms. The lowest BCUT2D eigenvalue weighted by Gasteiger charge is -2.28. The van der Waals surface area contributed by atoms with E-state index in [1.54, 1.807) is 17.9 Å². The molecule has 252 valence electrons. The summed E-state index contributed by atoms with van der Waals surface area (Å²) < 4.78 is 65.3. The summed E-state index contributed by atoms with van der Waals surface area (Å²) in [7, 11) is 1.65. The molecule has 4 aromatic rings. The SMILES string of the molecule is CNc1nc(N)c2ncn([C@@H]3C4O[C@@H]5CO[P@@](=O)(S)OC6C(O)[C@@H](CO[P@@](=O)(S)OC5C43)O[C@H]6n3cnc4c(=O)[nH]c(N)nc43)c2n1. The van der Waals surface area contributed by atoms with E-state index in [9.17, 15) is 19.0 Å². The summed E-state index contributed by atoms with van der Waals surface area (Å²) in [5.41, 5.74) is 11.9. The van der Waals surface area contributed by atoms with Crippen LogP contribution >= 0.6 is 38.1 Å². The summed E-state index contributed by atoms with van der Waals surface area (Å²) in [6, 6.07) is -0.356. The topological polar surface area (TPSA) is 281 Å². The van der Waals surface area contributed by atoms with Gasteiger partial charge in [-0.25, -0.2) is 19.1 Å². The Balaban J connectivity index is 1.08. The maximum Gasteiger partial charge on any atom is 0.386 e. The van der Waals surface area contributed by atoms with Crippen LogP contribution in [-0.2, 0) is 36.7 Å². The highest BCUT2D eigenvalue weighted by molar-refractivity contribution is 8.44. The summed E-state index contributed by atoms with van der Waals surface area (Å²) >= 11 is 8.34. The molecular formula is C22H27N11O10P2S2. The normalized spacial score (nSPS) is 38.8. The van der Waals surface area contributed by atoms with Crippen molar-refractivity contribution in [3.05, 3.63) is 23.0 Å². The Morgan fingerprint density at radius 2 is 1.60 bits per heavy atom. The van der Waals surface area contributed by atoms with Crippen molar-refractivity contribution in [2.75, 3.05) is 37.0 Å². The van der Waals surface area contributed by atoms with Crippen LogP contribution < -0.4 is 22.3 Å². The van der Waals surface area contributed by atoms with Gasteiger partial charge in [0.1, 0.15) is 36.0 Å². The molecule has 5 unspecified atom stereocenters. The third-order valence-electron chi connectivity index (χ3n) is 8.39. The number of imidazole rings is 2. The quantitative estimate of drug-likeness (QED) is 0.110. The summed E-state index contributed by atoms with van der Waals surface area (Å²) in [5.74, 6) is -0.123. The molecule has 4 aliphatic rings. The minimum Gasteiger partial charge on any atom is -0.387 e. The fourth-order valence-electron chi connectivity index (χ4n) is 6.28. The number of nitrogens with zero attached hydrogens (tertiary/aromatic N) is 7. The van der Waals surface area contributed by atoms with Gasteiger partial charge in [0.2, 0.25) is 11.9 Å². The Bertz CT molecular complexity index is 2060. The zero-order valence-corrected chi connectivity index (χ0v) is 27.5. The van der Waals surface area contributed by atoms with Crippen LogP contribution in [0.15, 0.2) is 17.4 Å². The zero-order valence-electron chi connectivity index (χ0n) is 24.0. The maximum absolute atomic E-state index is 13.6. The van der Waals surface area contributed by atoms with Gasteiger partial charge >= 0.3 is 13.6 Å². The van der Waals surface area contributed by atoms with Gasteiger partial charge in [0, 0.05) is 13.0 Å². The van der Waals surface area contributed by atoms with Crippen molar-refractivity contribution < 1.29 is 41.8 Å². The number of ether oxygens (including phenoxy) is 2. The molecule has 7 N–H and O–H groups in total. The Morgan fingerprint density at radius 1 is 0.936 bits per heavy atom. The lowest BCUT2D eigenvalue weighted by Crippen LogP contribution is -2.35. The summed E-state index contributed by atoms with van der Waals surface area (Å²) in [6.45, 7) is -9.29. The number of nitrogen functional groups attached to an aromatic ring is 2. The fourth-order valence-corrected chi connectivity index (χ4v) is 9.25. The predicted molar refractivity (Wildman–Crippen MR) is 168 cm³/mol. The van der Waals surface area contributed by atoms with Gasteiger partial charge in [0.05, 0.1) is 38.0 Å². The smallest absolute Gasteiger partial charge is 0.386 e. The van der Waals surface area contributed by atoms with E-state index in [0.717, 1.165) is 0 Å². The van der Waals surface area contributed by atoms with E-state index in [1.165, 1.54) is 10.9 Å². The van der Waals surface area contributed by atoms with Crippen molar-refractivity contribution in [2.24, 2.45) is 5.92 Å². The van der Waals surface area contributed by atoms with Crippen LogP contribution in [0.5, 0.6) is 0 Å². The van der Waals surface area contributed by atoms with Gasteiger partial charge in [0.15, 0.2) is 28.9 Å². The van der Waals surface area contributed by atoms with Crippen LogP contribution in [0.3, 0.4) is 0 Å². The molecule has 47 heavy (non-hydrogen) atoms. The molecule has 4 fully saturated rings. The highest BCUT2D eigenvalue weighted by atomic mass is 32.7. The molecule has 4 aromatic heterocycles. The average Bonchev–Trinajstić information content (AvgIpc) is 3.40. The number of aromatic amines is 1. The van der Waals surface area contributed by atoms with Crippen molar-refractivity contribution in [1.82, 2.24) is 39.0 Å². The van der Waals surface area contributed by atoms with Crippen molar-refractivity contribution in [2.45, 2.75) is 48.9 Å². The molecule has 0 spiro atoms. The Labute approximate surface area is 273 Å². The molecule has 21 nitrogen and oxygen atoms in total.